The zero-order valence-corrected chi connectivity index (χ0v) is 17.4. The molecule has 2 heterocycles. The lowest BCUT2D eigenvalue weighted by molar-refractivity contribution is 0.0705. The van der Waals surface area contributed by atoms with Crippen molar-refractivity contribution >= 4 is 17.5 Å². The Bertz CT molecular complexity index is 847. The highest BCUT2D eigenvalue weighted by Crippen LogP contribution is 2.20. The average molecular weight is 411 g/mol. The third-order valence-corrected chi connectivity index (χ3v) is 5.27. The molecule has 2 aromatic rings. The van der Waals surface area contributed by atoms with Crippen LogP contribution in [0.2, 0.25) is 0 Å². The summed E-state index contributed by atoms with van der Waals surface area (Å²) in [5.41, 5.74) is 5.18. The molecule has 0 atom stereocenters. The molecule has 30 heavy (non-hydrogen) atoms. The van der Waals surface area contributed by atoms with Gasteiger partial charge in [0.25, 0.3) is 5.91 Å². The van der Waals surface area contributed by atoms with E-state index in [1.54, 1.807) is 5.48 Å². The molecule has 8 nitrogen and oxygen atoms in total. The van der Waals surface area contributed by atoms with Gasteiger partial charge in [-0.15, -0.1) is 0 Å². The van der Waals surface area contributed by atoms with E-state index < -0.39 is 5.91 Å². The number of rotatable bonds is 9. The van der Waals surface area contributed by atoms with E-state index in [0.717, 1.165) is 56.8 Å². The summed E-state index contributed by atoms with van der Waals surface area (Å²) in [4.78, 5) is 22.0. The number of nitrogens with one attached hydrogen (secondary N) is 3. The Balaban J connectivity index is 1.39. The van der Waals surface area contributed by atoms with E-state index in [9.17, 15) is 4.79 Å². The number of amides is 1. The first-order chi connectivity index (χ1) is 14.6. The molecule has 8 heteroatoms. The quantitative estimate of drug-likeness (QED) is 0.286. The highest BCUT2D eigenvalue weighted by atomic mass is 16.5. The van der Waals surface area contributed by atoms with Gasteiger partial charge in [0.15, 0.2) is 0 Å². The van der Waals surface area contributed by atoms with E-state index in [-0.39, 0.29) is 5.56 Å². The van der Waals surface area contributed by atoms with Gasteiger partial charge in [-0.1, -0.05) is 24.8 Å². The third kappa shape index (κ3) is 6.01. The van der Waals surface area contributed by atoms with Gasteiger partial charge in [0.1, 0.15) is 0 Å². The minimum Gasteiger partial charge on any atom is -0.359 e. The molecule has 0 saturated carbocycles. The minimum absolute atomic E-state index is 0.236. The van der Waals surface area contributed by atoms with Crippen LogP contribution in [0.5, 0.6) is 0 Å². The average Bonchev–Trinajstić information content (AvgIpc) is 2.77. The van der Waals surface area contributed by atoms with Gasteiger partial charge in [-0.25, -0.2) is 15.4 Å². The number of nitrogens with zero attached hydrogens (tertiary/aromatic N) is 3. The van der Waals surface area contributed by atoms with Crippen LogP contribution in [0.4, 0.5) is 11.6 Å². The van der Waals surface area contributed by atoms with Crippen molar-refractivity contribution in [2.45, 2.75) is 26.2 Å². The van der Waals surface area contributed by atoms with Crippen molar-refractivity contribution in [2.75, 3.05) is 36.4 Å². The first kappa shape index (κ1) is 21.7. The topological polar surface area (TPSA) is 102 Å². The van der Waals surface area contributed by atoms with Crippen LogP contribution < -0.4 is 21.0 Å². The van der Waals surface area contributed by atoms with Crippen molar-refractivity contribution in [3.63, 3.8) is 0 Å². The van der Waals surface area contributed by atoms with Gasteiger partial charge in [-0.2, -0.15) is 0 Å². The molecule has 1 aromatic heterocycles. The maximum absolute atomic E-state index is 11.4. The molecule has 3 rings (SSSR count). The summed E-state index contributed by atoms with van der Waals surface area (Å²) in [7, 11) is 0. The Morgan fingerprint density at radius 3 is 2.60 bits per heavy atom. The zero-order valence-electron chi connectivity index (χ0n) is 17.4. The van der Waals surface area contributed by atoms with Crippen LogP contribution in [0.3, 0.4) is 0 Å². The Hall–Kier alpha value is -2.97. The fourth-order valence-electron chi connectivity index (χ4n) is 3.62. The number of piperidine rings is 1. The molecule has 0 spiro atoms. The summed E-state index contributed by atoms with van der Waals surface area (Å²) >= 11 is 0. The smallest absolute Gasteiger partial charge is 0.277 e. The van der Waals surface area contributed by atoms with Crippen molar-refractivity contribution in [3.05, 3.63) is 60.1 Å². The van der Waals surface area contributed by atoms with Gasteiger partial charge in [0.2, 0.25) is 5.95 Å². The maximum atomic E-state index is 11.4. The molecule has 0 radical (unpaired) electrons. The first-order valence-corrected chi connectivity index (χ1v) is 10.3. The van der Waals surface area contributed by atoms with Gasteiger partial charge < -0.3 is 15.5 Å². The number of carbonyl (C=O) groups excluding carboxylic acids is 1. The second kappa shape index (κ2) is 10.7. The fraction of sp³-hybridized carbons (Fsp3) is 0.409. The van der Waals surface area contributed by atoms with Crippen molar-refractivity contribution < 1.29 is 10.0 Å². The van der Waals surface area contributed by atoms with E-state index in [1.165, 1.54) is 18.0 Å². The van der Waals surface area contributed by atoms with Crippen LogP contribution in [0, 0.1) is 5.92 Å². The van der Waals surface area contributed by atoms with Crippen LogP contribution in [0.25, 0.3) is 0 Å². The lowest BCUT2D eigenvalue weighted by Gasteiger charge is -2.32. The summed E-state index contributed by atoms with van der Waals surface area (Å²) in [6.45, 7) is 9.61. The highest BCUT2D eigenvalue weighted by molar-refractivity contribution is 5.92. The lowest BCUT2D eigenvalue weighted by atomic mass is 9.97. The number of carbonyl (C=O) groups is 1. The van der Waals surface area contributed by atoms with Gasteiger partial charge in [-0.05, 0) is 56.8 Å². The van der Waals surface area contributed by atoms with Gasteiger partial charge in [0, 0.05) is 36.9 Å². The van der Waals surface area contributed by atoms with E-state index in [2.05, 4.69) is 50.3 Å². The SMILES string of the molecule is C=C(C)Nc1ccccc1CCNCC1CCN(c2ncc(C(=O)NO)cn2)CC1. The molecule has 160 valence electrons. The molecule has 1 saturated heterocycles. The van der Waals surface area contributed by atoms with Crippen molar-refractivity contribution in [2.24, 2.45) is 5.92 Å². The normalized spacial score (nSPS) is 14.4. The number of allylic oxidation sites excluding steroid dienone is 1. The van der Waals surface area contributed by atoms with E-state index >= 15 is 0 Å². The molecule has 1 fully saturated rings. The predicted molar refractivity (Wildman–Crippen MR) is 118 cm³/mol. The fourth-order valence-corrected chi connectivity index (χ4v) is 3.62. The first-order valence-electron chi connectivity index (χ1n) is 10.3. The van der Waals surface area contributed by atoms with E-state index in [1.807, 2.05) is 13.0 Å². The second-order valence-electron chi connectivity index (χ2n) is 7.66. The number of hydrogen-bond acceptors (Lipinski definition) is 7. The molecule has 0 aliphatic carbocycles. The molecular weight excluding hydrogens is 380 g/mol. The third-order valence-electron chi connectivity index (χ3n) is 5.27. The standard InChI is InChI=1S/C22H30N6O2/c1-16(2)26-20-6-4-3-5-18(20)7-10-23-13-17-8-11-28(12-9-17)22-24-14-19(15-25-22)21(29)27-30/h3-6,14-15,17,23,26,30H,1,7-13H2,2H3,(H,27,29). The minimum atomic E-state index is -0.607. The van der Waals surface area contributed by atoms with Gasteiger partial charge >= 0.3 is 0 Å². The summed E-state index contributed by atoms with van der Waals surface area (Å²) in [5.74, 6) is 0.645. The number of hydrogen-bond donors (Lipinski definition) is 4. The molecular formula is C22H30N6O2. The van der Waals surface area contributed by atoms with Crippen LogP contribution in [0.1, 0.15) is 35.7 Å². The summed E-state index contributed by atoms with van der Waals surface area (Å²) in [6.07, 6.45) is 5.98. The van der Waals surface area contributed by atoms with Crippen molar-refractivity contribution in [3.8, 4) is 0 Å². The molecule has 1 amide bonds. The molecule has 0 bridgehead atoms. The number of para-hydroxylation sites is 1. The number of aromatic nitrogens is 2. The van der Waals surface area contributed by atoms with Crippen LogP contribution in [-0.2, 0) is 6.42 Å². The maximum Gasteiger partial charge on any atom is 0.277 e. The Morgan fingerprint density at radius 2 is 1.93 bits per heavy atom. The second-order valence-corrected chi connectivity index (χ2v) is 7.66. The Morgan fingerprint density at radius 1 is 1.23 bits per heavy atom. The van der Waals surface area contributed by atoms with Crippen molar-refractivity contribution in [1.82, 2.24) is 20.8 Å². The molecule has 1 aromatic carbocycles. The molecule has 1 aliphatic rings. The Kier molecular flexibility index (Phi) is 7.75. The lowest BCUT2D eigenvalue weighted by Crippen LogP contribution is -2.38. The summed E-state index contributed by atoms with van der Waals surface area (Å²) in [6, 6.07) is 8.35. The summed E-state index contributed by atoms with van der Waals surface area (Å²) in [5, 5.41) is 15.6. The number of hydroxylamine groups is 1. The number of anilines is 2. The monoisotopic (exact) mass is 410 g/mol. The molecule has 1 aliphatic heterocycles. The van der Waals surface area contributed by atoms with Crippen LogP contribution >= 0.6 is 0 Å². The van der Waals surface area contributed by atoms with Crippen LogP contribution in [0.15, 0.2) is 48.9 Å². The van der Waals surface area contributed by atoms with Crippen LogP contribution in [-0.4, -0.2) is 47.3 Å². The van der Waals surface area contributed by atoms with E-state index in [0.29, 0.717) is 11.9 Å². The Labute approximate surface area is 177 Å². The number of benzene rings is 1. The molecule has 4 N–H and O–H groups in total. The van der Waals surface area contributed by atoms with Crippen molar-refractivity contribution in [1.29, 1.82) is 0 Å². The van der Waals surface area contributed by atoms with Gasteiger partial charge in [0.05, 0.1) is 5.56 Å². The zero-order chi connectivity index (χ0) is 21.3. The summed E-state index contributed by atoms with van der Waals surface area (Å²) < 4.78 is 0. The molecule has 0 unspecified atom stereocenters. The van der Waals surface area contributed by atoms with E-state index in [4.69, 9.17) is 5.21 Å². The van der Waals surface area contributed by atoms with Gasteiger partial charge in [-0.3, -0.25) is 10.0 Å². The highest BCUT2D eigenvalue weighted by Gasteiger charge is 2.21. The predicted octanol–water partition coefficient (Wildman–Crippen LogP) is 2.59. The largest absolute Gasteiger partial charge is 0.359 e.